The maximum atomic E-state index is 12.0. The van der Waals surface area contributed by atoms with Gasteiger partial charge in [0.25, 0.3) is 0 Å². The molecule has 0 radical (unpaired) electrons. The number of benzene rings is 2. The largest absolute Gasteiger partial charge is 0.458 e. The fourth-order valence-corrected chi connectivity index (χ4v) is 2.08. The maximum Gasteiger partial charge on any atom is 0.339 e. The second kappa shape index (κ2) is 7.53. The van der Waals surface area contributed by atoms with E-state index in [1.807, 2.05) is 18.2 Å². The quantitative estimate of drug-likeness (QED) is 0.767. The van der Waals surface area contributed by atoms with Gasteiger partial charge in [0.2, 0.25) is 0 Å². The van der Waals surface area contributed by atoms with E-state index < -0.39 is 11.9 Å². The normalized spacial score (nSPS) is 13.9. The van der Waals surface area contributed by atoms with Gasteiger partial charge in [-0.2, -0.15) is 0 Å². The van der Waals surface area contributed by atoms with Gasteiger partial charge in [0.05, 0.1) is 24.3 Å². The summed E-state index contributed by atoms with van der Waals surface area (Å²) in [5.41, 5.74) is 0.552. The summed E-state index contributed by atoms with van der Waals surface area (Å²) in [6.45, 7) is -0.0654. The fraction of sp³-hybridized carbons (Fsp3) is 0.250. The van der Waals surface area contributed by atoms with Gasteiger partial charge in [-0.05, 0) is 16.8 Å². The van der Waals surface area contributed by atoms with E-state index in [1.54, 1.807) is 18.2 Å². The molecule has 0 aliphatic carbocycles. The van der Waals surface area contributed by atoms with Crippen LogP contribution in [0.1, 0.15) is 20.7 Å². The lowest BCUT2D eigenvalue weighted by Crippen LogP contribution is -2.21. The van der Waals surface area contributed by atoms with Crippen LogP contribution in [0.15, 0.2) is 36.4 Å². The number of fused-ring (bicyclic) bond motifs is 3. The van der Waals surface area contributed by atoms with Crippen LogP contribution < -0.4 is 0 Å². The molecule has 0 amide bonds. The van der Waals surface area contributed by atoms with Crippen molar-refractivity contribution in [2.75, 3.05) is 26.4 Å². The van der Waals surface area contributed by atoms with Crippen LogP contribution in [0.4, 0.5) is 0 Å². The number of ether oxygens (including phenoxy) is 2. The summed E-state index contributed by atoms with van der Waals surface area (Å²) in [7, 11) is 0. The zero-order chi connectivity index (χ0) is 15.9. The Kier molecular flexibility index (Phi) is 5.46. The number of rotatable bonds is 1. The second-order valence-electron chi connectivity index (χ2n) is 4.43. The molecule has 2 aromatic carbocycles. The van der Waals surface area contributed by atoms with Crippen LogP contribution >= 0.6 is 0 Å². The number of esters is 2. The molecule has 0 unspecified atom stereocenters. The van der Waals surface area contributed by atoms with Crippen molar-refractivity contribution in [3.8, 4) is 0 Å². The molecule has 116 valence electrons. The second-order valence-corrected chi connectivity index (χ2v) is 4.43. The highest BCUT2D eigenvalue weighted by atomic mass is 16.6. The summed E-state index contributed by atoms with van der Waals surface area (Å²) in [5, 5.41) is 16.8. The zero-order valence-corrected chi connectivity index (χ0v) is 11.8. The number of aliphatic hydroxyl groups is 2. The van der Waals surface area contributed by atoms with Crippen molar-refractivity contribution in [1.82, 2.24) is 0 Å². The predicted octanol–water partition coefficient (Wildman–Crippen LogP) is 1.14. The molecule has 2 N–H and O–H groups in total. The molecule has 6 nitrogen and oxygen atoms in total. The van der Waals surface area contributed by atoms with Crippen LogP contribution in [0, 0.1) is 0 Å². The lowest BCUT2D eigenvalue weighted by atomic mass is 9.99. The van der Waals surface area contributed by atoms with Gasteiger partial charge in [-0.15, -0.1) is 0 Å². The van der Waals surface area contributed by atoms with Crippen LogP contribution in [0.3, 0.4) is 0 Å². The first-order chi connectivity index (χ1) is 10.7. The van der Waals surface area contributed by atoms with E-state index >= 15 is 0 Å². The molecule has 0 saturated heterocycles. The topological polar surface area (TPSA) is 93.1 Å². The number of cyclic esters (lactones) is 2. The van der Waals surface area contributed by atoms with Gasteiger partial charge in [0.1, 0.15) is 13.2 Å². The van der Waals surface area contributed by atoms with Gasteiger partial charge in [0, 0.05) is 0 Å². The van der Waals surface area contributed by atoms with Crippen molar-refractivity contribution in [2.24, 2.45) is 0 Å². The van der Waals surface area contributed by atoms with Crippen LogP contribution in [0.25, 0.3) is 10.8 Å². The SMILES string of the molecule is O=C1OCCOC(=O)c2c1ccc1ccccc21.OCCO. The smallest absolute Gasteiger partial charge is 0.339 e. The third-order valence-electron chi connectivity index (χ3n) is 3.00. The highest BCUT2D eigenvalue weighted by molar-refractivity contribution is 6.12. The van der Waals surface area contributed by atoms with Gasteiger partial charge in [0.15, 0.2) is 0 Å². The molecule has 0 atom stereocenters. The lowest BCUT2D eigenvalue weighted by molar-refractivity contribution is 0.0227. The molecule has 1 aliphatic rings. The molecule has 0 spiro atoms. The van der Waals surface area contributed by atoms with Crippen LogP contribution in [-0.4, -0.2) is 48.6 Å². The van der Waals surface area contributed by atoms with Crippen LogP contribution in [0.5, 0.6) is 0 Å². The van der Waals surface area contributed by atoms with Crippen molar-refractivity contribution >= 4 is 22.7 Å². The summed E-state index contributed by atoms with van der Waals surface area (Å²) in [4.78, 5) is 23.8. The average Bonchev–Trinajstić information content (AvgIpc) is 2.56. The Bertz CT molecular complexity index is 677. The molecule has 22 heavy (non-hydrogen) atoms. The van der Waals surface area contributed by atoms with Gasteiger partial charge < -0.3 is 19.7 Å². The standard InChI is InChI=1S/C14H10O4.C2H6O2/c15-13-11-6-5-9-3-1-2-4-10(9)12(11)14(16)18-8-7-17-13;3-1-2-4/h1-6H,7-8H2;3-4H,1-2H2. The van der Waals surface area contributed by atoms with Crippen LogP contribution in [-0.2, 0) is 9.47 Å². The Balaban J connectivity index is 0.000000396. The molecule has 0 aromatic heterocycles. The van der Waals surface area contributed by atoms with E-state index in [0.717, 1.165) is 5.39 Å². The minimum absolute atomic E-state index is 0.0905. The molecule has 0 saturated carbocycles. The van der Waals surface area contributed by atoms with E-state index in [-0.39, 0.29) is 37.6 Å². The van der Waals surface area contributed by atoms with Crippen molar-refractivity contribution in [1.29, 1.82) is 0 Å². The Labute approximate surface area is 126 Å². The molecule has 3 rings (SSSR count). The predicted molar refractivity (Wildman–Crippen MR) is 78.7 cm³/mol. The Hall–Kier alpha value is -2.44. The maximum absolute atomic E-state index is 12.0. The number of carbonyl (C=O) groups is 2. The first kappa shape index (κ1) is 15.9. The minimum Gasteiger partial charge on any atom is -0.458 e. The van der Waals surface area contributed by atoms with Crippen molar-refractivity contribution in [3.63, 3.8) is 0 Å². The molecule has 6 heteroatoms. The first-order valence-corrected chi connectivity index (χ1v) is 6.76. The molecular weight excluding hydrogens is 288 g/mol. The number of hydrogen-bond donors (Lipinski definition) is 2. The van der Waals surface area contributed by atoms with Gasteiger partial charge >= 0.3 is 11.9 Å². The van der Waals surface area contributed by atoms with E-state index in [2.05, 4.69) is 0 Å². The lowest BCUT2D eigenvalue weighted by Gasteiger charge is -2.15. The highest BCUT2D eigenvalue weighted by Crippen LogP contribution is 2.25. The van der Waals surface area contributed by atoms with Gasteiger partial charge in [-0.1, -0.05) is 30.3 Å². The minimum atomic E-state index is -0.479. The number of carbonyl (C=O) groups excluding carboxylic acids is 2. The van der Waals surface area contributed by atoms with Crippen LogP contribution in [0.2, 0.25) is 0 Å². The molecule has 0 fully saturated rings. The first-order valence-electron chi connectivity index (χ1n) is 6.76. The van der Waals surface area contributed by atoms with Crippen molar-refractivity contribution < 1.29 is 29.3 Å². The molecule has 0 bridgehead atoms. The number of aliphatic hydroxyl groups excluding tert-OH is 2. The van der Waals surface area contributed by atoms with Gasteiger partial charge in [-0.3, -0.25) is 0 Å². The summed E-state index contributed by atoms with van der Waals surface area (Å²) >= 11 is 0. The Morgan fingerprint density at radius 3 is 2.18 bits per heavy atom. The summed E-state index contributed by atoms with van der Waals surface area (Å²) in [6.07, 6.45) is 0. The molecule has 1 heterocycles. The zero-order valence-electron chi connectivity index (χ0n) is 11.8. The molecule has 1 aliphatic heterocycles. The average molecular weight is 304 g/mol. The van der Waals surface area contributed by atoms with E-state index in [1.165, 1.54) is 0 Å². The number of hydrogen-bond acceptors (Lipinski definition) is 6. The molecular formula is C16H16O6. The molecule has 2 aromatic rings. The summed E-state index contributed by atoms with van der Waals surface area (Å²) < 4.78 is 10.0. The van der Waals surface area contributed by atoms with E-state index in [4.69, 9.17) is 19.7 Å². The third kappa shape index (κ3) is 3.41. The highest BCUT2D eigenvalue weighted by Gasteiger charge is 2.24. The monoisotopic (exact) mass is 304 g/mol. The Morgan fingerprint density at radius 1 is 0.864 bits per heavy atom. The van der Waals surface area contributed by atoms with Crippen molar-refractivity contribution in [3.05, 3.63) is 47.5 Å². The van der Waals surface area contributed by atoms with E-state index in [0.29, 0.717) is 5.39 Å². The summed E-state index contributed by atoms with van der Waals surface area (Å²) in [5.74, 6) is -0.953. The van der Waals surface area contributed by atoms with Crippen molar-refractivity contribution in [2.45, 2.75) is 0 Å². The van der Waals surface area contributed by atoms with Gasteiger partial charge in [-0.25, -0.2) is 9.59 Å². The summed E-state index contributed by atoms with van der Waals surface area (Å²) in [6, 6.07) is 10.8. The Morgan fingerprint density at radius 2 is 1.50 bits per heavy atom. The van der Waals surface area contributed by atoms with E-state index in [9.17, 15) is 9.59 Å². The third-order valence-corrected chi connectivity index (χ3v) is 3.00. The fourth-order valence-electron chi connectivity index (χ4n) is 2.08.